The van der Waals surface area contributed by atoms with Gasteiger partial charge >= 0.3 is 0 Å². The third-order valence-electron chi connectivity index (χ3n) is 3.65. The molecule has 0 amide bonds. The van der Waals surface area contributed by atoms with Crippen LogP contribution in [0.5, 0.6) is 0 Å². The van der Waals surface area contributed by atoms with Crippen molar-refractivity contribution < 1.29 is 4.92 Å². The summed E-state index contributed by atoms with van der Waals surface area (Å²) in [6.45, 7) is 1.42. The second-order valence-corrected chi connectivity index (χ2v) is 6.61. The summed E-state index contributed by atoms with van der Waals surface area (Å²) in [5.74, 6) is 0. The Kier molecular flexibility index (Phi) is 4.41. The SMILES string of the molecule is CN(C)CCNc1ccc([N+](=O)[O-])c2sc3ncccc3c(=O)c12. The summed E-state index contributed by atoms with van der Waals surface area (Å²) in [5, 5.41) is 15.4. The normalized spacial score (nSPS) is 11.3. The standard InChI is InChI=1S/C16H16N4O3S/c1-19(2)9-8-17-11-5-6-12(20(22)23)15-13(11)14(21)10-4-3-7-18-16(10)24-15/h3-7,17H,8-9H2,1-2H3. The van der Waals surface area contributed by atoms with Crippen molar-refractivity contribution in [1.82, 2.24) is 9.88 Å². The molecule has 0 fully saturated rings. The van der Waals surface area contributed by atoms with Gasteiger partial charge in [0, 0.05) is 31.0 Å². The Bertz CT molecular complexity index is 984. The maximum absolute atomic E-state index is 12.9. The summed E-state index contributed by atoms with van der Waals surface area (Å²) >= 11 is 1.17. The minimum atomic E-state index is -0.462. The van der Waals surface area contributed by atoms with Crippen LogP contribution in [0.25, 0.3) is 20.3 Å². The number of nitrogens with zero attached hydrogens (tertiary/aromatic N) is 3. The highest BCUT2D eigenvalue weighted by Crippen LogP contribution is 2.34. The Labute approximate surface area is 141 Å². The van der Waals surface area contributed by atoms with Crippen molar-refractivity contribution in [2.24, 2.45) is 0 Å². The highest BCUT2D eigenvalue weighted by Gasteiger charge is 2.19. The monoisotopic (exact) mass is 344 g/mol. The molecule has 0 bridgehead atoms. The highest BCUT2D eigenvalue weighted by molar-refractivity contribution is 7.24. The van der Waals surface area contributed by atoms with Gasteiger partial charge in [0.25, 0.3) is 5.69 Å². The molecule has 2 aromatic heterocycles. The summed E-state index contributed by atoms with van der Waals surface area (Å²) in [5.41, 5.74) is 0.310. The van der Waals surface area contributed by atoms with Gasteiger partial charge < -0.3 is 10.2 Å². The molecule has 0 aliphatic rings. The quantitative estimate of drug-likeness (QED) is 0.435. The fourth-order valence-corrected chi connectivity index (χ4v) is 3.61. The Balaban J connectivity index is 2.26. The van der Waals surface area contributed by atoms with Crippen LogP contribution in [0.1, 0.15) is 0 Å². The molecule has 124 valence electrons. The van der Waals surface area contributed by atoms with Gasteiger partial charge in [-0.25, -0.2) is 4.98 Å². The number of hydrogen-bond donors (Lipinski definition) is 1. The molecule has 1 N–H and O–H groups in total. The first-order valence-electron chi connectivity index (χ1n) is 7.36. The van der Waals surface area contributed by atoms with Crippen molar-refractivity contribution in [1.29, 1.82) is 0 Å². The van der Waals surface area contributed by atoms with Gasteiger partial charge in [-0.15, -0.1) is 11.3 Å². The molecule has 1 aromatic carbocycles. The summed E-state index contributed by atoms with van der Waals surface area (Å²) in [6.07, 6.45) is 1.58. The van der Waals surface area contributed by atoms with Gasteiger partial charge in [-0.3, -0.25) is 14.9 Å². The lowest BCUT2D eigenvalue weighted by Crippen LogP contribution is -2.21. The van der Waals surface area contributed by atoms with Gasteiger partial charge in [0.2, 0.25) is 0 Å². The minimum Gasteiger partial charge on any atom is -0.383 e. The molecular weight excluding hydrogens is 328 g/mol. The summed E-state index contributed by atoms with van der Waals surface area (Å²) < 4.78 is 0.353. The summed E-state index contributed by atoms with van der Waals surface area (Å²) in [6, 6.07) is 6.43. The molecule has 0 saturated carbocycles. The van der Waals surface area contributed by atoms with Crippen molar-refractivity contribution in [3.05, 3.63) is 50.8 Å². The molecule has 0 atom stereocenters. The topological polar surface area (TPSA) is 88.4 Å². The number of hydrogen-bond acceptors (Lipinski definition) is 7. The predicted molar refractivity (Wildman–Crippen MR) is 97.1 cm³/mol. The molecule has 7 nitrogen and oxygen atoms in total. The van der Waals surface area contributed by atoms with E-state index in [4.69, 9.17) is 0 Å². The molecule has 0 aliphatic carbocycles. The molecule has 3 aromatic rings. The third kappa shape index (κ3) is 2.93. The number of aromatic nitrogens is 1. The van der Waals surface area contributed by atoms with Crippen LogP contribution in [0.15, 0.2) is 35.3 Å². The first kappa shape index (κ1) is 16.3. The molecule has 0 radical (unpaired) electrons. The maximum atomic E-state index is 12.9. The van der Waals surface area contributed by atoms with Crippen molar-refractivity contribution >= 4 is 43.0 Å². The number of fused-ring (bicyclic) bond motifs is 2. The molecule has 0 saturated heterocycles. The lowest BCUT2D eigenvalue weighted by atomic mass is 10.1. The number of rotatable bonds is 5. The number of nitro groups is 1. The number of likely N-dealkylation sites (N-methyl/N-ethyl adjacent to an activating group) is 1. The lowest BCUT2D eigenvalue weighted by molar-refractivity contribution is -0.382. The Morgan fingerprint density at radius 3 is 2.83 bits per heavy atom. The van der Waals surface area contributed by atoms with Crippen LogP contribution in [0, 0.1) is 10.1 Å². The van der Waals surface area contributed by atoms with E-state index in [9.17, 15) is 14.9 Å². The number of nitrogens with one attached hydrogen (secondary N) is 1. The van der Waals surface area contributed by atoms with Crippen molar-refractivity contribution in [2.45, 2.75) is 0 Å². The molecule has 24 heavy (non-hydrogen) atoms. The second kappa shape index (κ2) is 6.50. The van der Waals surface area contributed by atoms with Crippen LogP contribution < -0.4 is 10.7 Å². The Morgan fingerprint density at radius 2 is 2.12 bits per heavy atom. The number of anilines is 1. The van der Waals surface area contributed by atoms with E-state index < -0.39 is 4.92 Å². The van der Waals surface area contributed by atoms with E-state index in [2.05, 4.69) is 10.3 Å². The molecule has 0 aliphatic heterocycles. The van der Waals surface area contributed by atoms with Gasteiger partial charge in [0.15, 0.2) is 5.43 Å². The first-order valence-corrected chi connectivity index (χ1v) is 8.18. The van der Waals surface area contributed by atoms with E-state index in [1.165, 1.54) is 17.4 Å². The first-order chi connectivity index (χ1) is 11.5. The fourth-order valence-electron chi connectivity index (χ4n) is 2.48. The zero-order valence-corrected chi connectivity index (χ0v) is 14.1. The fraction of sp³-hybridized carbons (Fsp3) is 0.250. The van der Waals surface area contributed by atoms with E-state index in [-0.39, 0.29) is 11.1 Å². The summed E-state index contributed by atoms with van der Waals surface area (Å²) in [4.78, 5) is 30.4. The van der Waals surface area contributed by atoms with Crippen molar-refractivity contribution in [3.63, 3.8) is 0 Å². The van der Waals surface area contributed by atoms with Gasteiger partial charge in [0.1, 0.15) is 9.53 Å². The number of pyridine rings is 1. The second-order valence-electron chi connectivity index (χ2n) is 5.61. The van der Waals surface area contributed by atoms with Crippen LogP contribution in [0.2, 0.25) is 0 Å². The zero-order valence-electron chi connectivity index (χ0n) is 13.3. The van der Waals surface area contributed by atoms with Crippen molar-refractivity contribution in [3.8, 4) is 0 Å². The van der Waals surface area contributed by atoms with Gasteiger partial charge in [0.05, 0.1) is 15.7 Å². The predicted octanol–water partition coefficient (Wildman–Crippen LogP) is 2.69. The lowest BCUT2D eigenvalue weighted by Gasteiger charge is -2.13. The van der Waals surface area contributed by atoms with E-state index in [0.717, 1.165) is 6.54 Å². The van der Waals surface area contributed by atoms with Gasteiger partial charge in [-0.05, 0) is 32.3 Å². The average Bonchev–Trinajstić information content (AvgIpc) is 2.54. The molecular formula is C16H16N4O3S. The number of nitro benzene ring substituents is 1. The smallest absolute Gasteiger partial charge is 0.287 e. The Hall–Kier alpha value is -2.58. The van der Waals surface area contributed by atoms with Gasteiger partial charge in [-0.1, -0.05) is 0 Å². The number of benzene rings is 1. The number of non-ortho nitro benzene ring substituents is 1. The average molecular weight is 344 g/mol. The van der Waals surface area contributed by atoms with Crippen LogP contribution >= 0.6 is 11.3 Å². The Morgan fingerprint density at radius 1 is 1.33 bits per heavy atom. The van der Waals surface area contributed by atoms with E-state index >= 15 is 0 Å². The molecule has 2 heterocycles. The van der Waals surface area contributed by atoms with Crippen LogP contribution in [-0.4, -0.2) is 42.0 Å². The van der Waals surface area contributed by atoms with Crippen LogP contribution in [-0.2, 0) is 0 Å². The molecule has 0 spiro atoms. The van der Waals surface area contributed by atoms with Crippen LogP contribution in [0.3, 0.4) is 0 Å². The largest absolute Gasteiger partial charge is 0.383 e. The third-order valence-corrected chi connectivity index (χ3v) is 4.79. The maximum Gasteiger partial charge on any atom is 0.287 e. The van der Waals surface area contributed by atoms with E-state index in [1.807, 2.05) is 19.0 Å². The van der Waals surface area contributed by atoms with Crippen molar-refractivity contribution in [2.75, 3.05) is 32.5 Å². The van der Waals surface area contributed by atoms with Gasteiger partial charge in [-0.2, -0.15) is 0 Å². The molecule has 3 rings (SSSR count). The summed E-state index contributed by atoms with van der Waals surface area (Å²) in [7, 11) is 3.91. The van der Waals surface area contributed by atoms with E-state index in [1.54, 1.807) is 24.4 Å². The van der Waals surface area contributed by atoms with Crippen LogP contribution in [0.4, 0.5) is 11.4 Å². The highest BCUT2D eigenvalue weighted by atomic mass is 32.1. The van der Waals surface area contributed by atoms with E-state index in [0.29, 0.717) is 32.5 Å². The zero-order chi connectivity index (χ0) is 17.3. The minimum absolute atomic E-state index is 0.0715. The molecule has 8 heteroatoms. The molecule has 0 unspecified atom stereocenters.